The topological polar surface area (TPSA) is 76.4 Å². The maximum absolute atomic E-state index is 12.6. The quantitative estimate of drug-likeness (QED) is 0.247. The monoisotopic (exact) mass is 501 g/mol. The lowest BCUT2D eigenvalue weighted by atomic mass is 9.98. The molecule has 0 aliphatic carbocycles. The molecule has 6 nitrogen and oxygen atoms in total. The first-order valence-electron chi connectivity index (χ1n) is 12.3. The van der Waals surface area contributed by atoms with Crippen LogP contribution in [0.3, 0.4) is 0 Å². The number of rotatable bonds is 8. The van der Waals surface area contributed by atoms with E-state index in [4.69, 9.17) is 26.4 Å². The van der Waals surface area contributed by atoms with Gasteiger partial charge in [0.15, 0.2) is 10.7 Å². The Labute approximate surface area is 217 Å². The van der Waals surface area contributed by atoms with Crippen LogP contribution in [-0.2, 0) is 0 Å². The molecular weight excluding hydrogens is 470 g/mol. The Hall–Kier alpha value is -3.71. The summed E-state index contributed by atoms with van der Waals surface area (Å²) >= 11 is 5.37. The standard InChI is InChI=1S/C29H31N3O3S/c1-5-18(3)21-12-15-26-25(17-21)31-28(35-26)22-8-7-9-23(16-22)30-29(36)32-27(33)20-10-13-24(14-11-20)34-19(4)6-2/h7-19H,5-6H2,1-4H3,(H2,30,32,33,36)/t18-,19-/m0/s1. The summed E-state index contributed by atoms with van der Waals surface area (Å²) in [6.45, 7) is 8.45. The van der Waals surface area contributed by atoms with Gasteiger partial charge in [0, 0.05) is 16.8 Å². The SMILES string of the molecule is CC[C@H](C)Oc1ccc(C(=O)NC(=S)Nc2cccc(-c3nc4cc([C@@H](C)CC)ccc4o3)c2)cc1. The minimum absolute atomic E-state index is 0.120. The van der Waals surface area contributed by atoms with Crippen LogP contribution in [0, 0.1) is 0 Å². The van der Waals surface area contributed by atoms with Crippen molar-refractivity contribution >= 4 is 40.0 Å². The van der Waals surface area contributed by atoms with Gasteiger partial charge in [-0.1, -0.05) is 32.9 Å². The zero-order valence-corrected chi connectivity index (χ0v) is 21.8. The van der Waals surface area contributed by atoms with Crippen LogP contribution in [0.2, 0.25) is 0 Å². The fourth-order valence-electron chi connectivity index (χ4n) is 3.68. The normalized spacial score (nSPS) is 12.7. The number of hydrogen-bond acceptors (Lipinski definition) is 5. The smallest absolute Gasteiger partial charge is 0.257 e. The number of nitrogens with zero attached hydrogens (tertiary/aromatic N) is 1. The van der Waals surface area contributed by atoms with Gasteiger partial charge >= 0.3 is 0 Å². The summed E-state index contributed by atoms with van der Waals surface area (Å²) < 4.78 is 11.8. The zero-order valence-electron chi connectivity index (χ0n) is 21.0. The molecule has 4 rings (SSSR count). The number of carbonyl (C=O) groups is 1. The Morgan fingerprint density at radius 2 is 1.81 bits per heavy atom. The van der Waals surface area contributed by atoms with E-state index in [9.17, 15) is 4.79 Å². The molecule has 0 bridgehead atoms. The molecule has 7 heteroatoms. The first kappa shape index (κ1) is 25.4. The molecule has 1 amide bonds. The lowest BCUT2D eigenvalue weighted by Gasteiger charge is -2.13. The number of anilines is 1. The van der Waals surface area contributed by atoms with E-state index in [1.807, 2.05) is 37.3 Å². The summed E-state index contributed by atoms with van der Waals surface area (Å²) in [6.07, 6.45) is 2.10. The van der Waals surface area contributed by atoms with Gasteiger partial charge in [-0.25, -0.2) is 4.98 Å². The van der Waals surface area contributed by atoms with Crippen LogP contribution < -0.4 is 15.4 Å². The number of amides is 1. The number of nitrogens with one attached hydrogen (secondary N) is 2. The maximum atomic E-state index is 12.6. The van der Waals surface area contributed by atoms with Crippen molar-refractivity contribution in [3.63, 3.8) is 0 Å². The first-order valence-corrected chi connectivity index (χ1v) is 12.7. The fourth-order valence-corrected chi connectivity index (χ4v) is 3.89. The van der Waals surface area contributed by atoms with Crippen LogP contribution in [0.4, 0.5) is 5.69 Å². The zero-order chi connectivity index (χ0) is 25.7. The van der Waals surface area contributed by atoms with Gasteiger partial charge in [0.1, 0.15) is 11.3 Å². The molecule has 0 spiro atoms. The molecule has 0 fully saturated rings. The van der Waals surface area contributed by atoms with Crippen LogP contribution in [0.25, 0.3) is 22.6 Å². The lowest BCUT2D eigenvalue weighted by molar-refractivity contribution is 0.0977. The molecule has 1 heterocycles. The van der Waals surface area contributed by atoms with Crippen molar-refractivity contribution in [2.75, 3.05) is 5.32 Å². The highest BCUT2D eigenvalue weighted by Crippen LogP contribution is 2.29. The van der Waals surface area contributed by atoms with Crippen molar-refractivity contribution < 1.29 is 13.9 Å². The van der Waals surface area contributed by atoms with E-state index in [0.29, 0.717) is 17.4 Å². The first-order chi connectivity index (χ1) is 17.4. The predicted molar refractivity (Wildman–Crippen MR) is 149 cm³/mol. The summed E-state index contributed by atoms with van der Waals surface area (Å²) in [4.78, 5) is 17.3. The second-order valence-electron chi connectivity index (χ2n) is 8.91. The summed E-state index contributed by atoms with van der Waals surface area (Å²) in [6, 6.07) is 20.7. The second-order valence-corrected chi connectivity index (χ2v) is 9.31. The minimum atomic E-state index is -0.296. The molecule has 0 saturated heterocycles. The number of fused-ring (bicyclic) bond motifs is 1. The Balaban J connectivity index is 1.41. The number of ether oxygens (including phenoxy) is 1. The third-order valence-electron chi connectivity index (χ3n) is 6.22. The molecule has 0 saturated carbocycles. The van der Waals surface area contributed by atoms with Crippen LogP contribution in [0.15, 0.2) is 71.1 Å². The summed E-state index contributed by atoms with van der Waals surface area (Å²) in [5.74, 6) is 1.43. The predicted octanol–water partition coefficient (Wildman–Crippen LogP) is 7.31. The molecule has 0 aliphatic heterocycles. The average Bonchev–Trinajstić information content (AvgIpc) is 3.32. The van der Waals surface area contributed by atoms with Gasteiger partial charge in [0.2, 0.25) is 5.89 Å². The van der Waals surface area contributed by atoms with E-state index in [0.717, 1.165) is 40.9 Å². The van der Waals surface area contributed by atoms with Crippen molar-refractivity contribution in [1.29, 1.82) is 0 Å². The maximum Gasteiger partial charge on any atom is 0.257 e. The van der Waals surface area contributed by atoms with Gasteiger partial charge in [-0.3, -0.25) is 10.1 Å². The van der Waals surface area contributed by atoms with E-state index in [2.05, 4.69) is 43.5 Å². The van der Waals surface area contributed by atoms with Crippen LogP contribution in [0.1, 0.15) is 62.4 Å². The van der Waals surface area contributed by atoms with Crippen molar-refractivity contribution in [2.24, 2.45) is 0 Å². The molecule has 0 radical (unpaired) electrons. The van der Waals surface area contributed by atoms with E-state index in [-0.39, 0.29) is 17.1 Å². The second kappa shape index (κ2) is 11.4. The Bertz CT molecular complexity index is 1360. The highest BCUT2D eigenvalue weighted by atomic mass is 32.1. The third kappa shape index (κ3) is 6.10. The van der Waals surface area contributed by atoms with Crippen molar-refractivity contribution in [2.45, 2.75) is 52.6 Å². The van der Waals surface area contributed by atoms with E-state index >= 15 is 0 Å². The average molecular weight is 502 g/mol. The molecule has 4 aromatic rings. The number of aromatic nitrogens is 1. The molecule has 36 heavy (non-hydrogen) atoms. The molecule has 2 atom stereocenters. The molecule has 0 unspecified atom stereocenters. The molecule has 2 N–H and O–H groups in total. The molecule has 3 aromatic carbocycles. The number of oxazole rings is 1. The molecular formula is C29H31N3O3S. The van der Waals surface area contributed by atoms with Gasteiger partial charge in [0.05, 0.1) is 6.10 Å². The van der Waals surface area contributed by atoms with E-state index in [1.54, 1.807) is 24.3 Å². The van der Waals surface area contributed by atoms with Gasteiger partial charge in [-0.05, 0) is 98.1 Å². The Kier molecular flexibility index (Phi) is 8.00. The summed E-state index contributed by atoms with van der Waals surface area (Å²) in [5, 5.41) is 5.99. The summed E-state index contributed by atoms with van der Waals surface area (Å²) in [7, 11) is 0. The fraction of sp³-hybridized carbons (Fsp3) is 0.276. The van der Waals surface area contributed by atoms with E-state index in [1.165, 1.54) is 5.56 Å². The van der Waals surface area contributed by atoms with Crippen molar-refractivity contribution in [3.8, 4) is 17.2 Å². The Morgan fingerprint density at radius 3 is 2.53 bits per heavy atom. The van der Waals surface area contributed by atoms with Crippen LogP contribution >= 0.6 is 12.2 Å². The molecule has 1 aromatic heterocycles. The van der Waals surface area contributed by atoms with Gasteiger partial charge < -0.3 is 14.5 Å². The summed E-state index contributed by atoms with van der Waals surface area (Å²) in [5.41, 5.74) is 4.86. The van der Waals surface area contributed by atoms with Gasteiger partial charge in [-0.2, -0.15) is 0 Å². The van der Waals surface area contributed by atoms with Gasteiger partial charge in [-0.15, -0.1) is 0 Å². The minimum Gasteiger partial charge on any atom is -0.491 e. The largest absolute Gasteiger partial charge is 0.491 e. The number of benzene rings is 3. The highest BCUT2D eigenvalue weighted by Gasteiger charge is 2.13. The van der Waals surface area contributed by atoms with Crippen molar-refractivity contribution in [3.05, 3.63) is 77.9 Å². The number of hydrogen-bond donors (Lipinski definition) is 2. The van der Waals surface area contributed by atoms with Crippen LogP contribution in [0.5, 0.6) is 5.75 Å². The number of carbonyl (C=O) groups excluding carboxylic acids is 1. The highest BCUT2D eigenvalue weighted by molar-refractivity contribution is 7.80. The molecule has 0 aliphatic rings. The van der Waals surface area contributed by atoms with Crippen molar-refractivity contribution in [1.82, 2.24) is 10.3 Å². The van der Waals surface area contributed by atoms with Gasteiger partial charge in [0.25, 0.3) is 5.91 Å². The Morgan fingerprint density at radius 1 is 1.03 bits per heavy atom. The molecule has 186 valence electrons. The third-order valence-corrected chi connectivity index (χ3v) is 6.42. The number of thiocarbonyl (C=S) groups is 1. The lowest BCUT2D eigenvalue weighted by Crippen LogP contribution is -2.34. The van der Waals surface area contributed by atoms with E-state index < -0.39 is 0 Å². The van der Waals surface area contributed by atoms with Crippen LogP contribution in [-0.4, -0.2) is 22.1 Å².